The monoisotopic (exact) mass is 408 g/mol. The van der Waals surface area contributed by atoms with Crippen LogP contribution in [0, 0.1) is 17.6 Å². The summed E-state index contributed by atoms with van der Waals surface area (Å²) in [7, 11) is 0. The summed E-state index contributed by atoms with van der Waals surface area (Å²) in [5, 5.41) is 0. The largest absolute Gasteiger partial charge is 0.368 e. The molecule has 154 valence electrons. The number of benzene rings is 1. The van der Waals surface area contributed by atoms with Gasteiger partial charge in [0.05, 0.1) is 18.8 Å². The lowest BCUT2D eigenvalue weighted by Gasteiger charge is -2.33. The summed E-state index contributed by atoms with van der Waals surface area (Å²) < 4.78 is 61.0. The molecule has 1 amide bonds. The molecule has 0 bridgehead atoms. The first kappa shape index (κ1) is 19.8. The lowest BCUT2D eigenvalue weighted by molar-refractivity contribution is -0.158. The van der Waals surface area contributed by atoms with Crippen LogP contribution in [0.1, 0.15) is 19.0 Å². The summed E-state index contributed by atoms with van der Waals surface area (Å²) >= 11 is 0. The van der Waals surface area contributed by atoms with Gasteiger partial charge in [-0.3, -0.25) is 9.78 Å². The molecule has 2 aliphatic rings. The lowest BCUT2D eigenvalue weighted by Crippen LogP contribution is -2.49. The maximum Gasteiger partial charge on any atom is 0.269 e. The van der Waals surface area contributed by atoms with Gasteiger partial charge in [-0.25, -0.2) is 17.6 Å². The van der Waals surface area contributed by atoms with Gasteiger partial charge in [-0.2, -0.15) is 0 Å². The molecule has 0 saturated carbocycles. The standard InChI is InChI=1S/C21H20F4N2O2/c1-12-18(27(11-21(12,24)25)20(28)19-5-6-29-19)10-16-3-2-4-17(26-16)13-7-14(22)9-15(23)8-13/h2-4,7-9,12,18-19H,5-6,10-11H2,1H3/t12-,18+,19?/m1/s1. The summed E-state index contributed by atoms with van der Waals surface area (Å²) in [5.74, 6) is -5.94. The second-order valence-corrected chi connectivity index (χ2v) is 7.61. The second kappa shape index (κ2) is 7.40. The van der Waals surface area contributed by atoms with E-state index in [0.717, 1.165) is 18.2 Å². The maximum absolute atomic E-state index is 14.4. The van der Waals surface area contributed by atoms with Crippen molar-refractivity contribution in [1.82, 2.24) is 9.88 Å². The van der Waals surface area contributed by atoms with Crippen molar-refractivity contribution in [1.29, 1.82) is 0 Å². The van der Waals surface area contributed by atoms with Crippen LogP contribution >= 0.6 is 0 Å². The predicted octanol–water partition coefficient (Wildman–Crippen LogP) is 3.84. The van der Waals surface area contributed by atoms with Gasteiger partial charge in [0.2, 0.25) is 0 Å². The fraction of sp³-hybridized carbons (Fsp3) is 0.429. The highest BCUT2D eigenvalue weighted by atomic mass is 19.3. The number of halogens is 4. The van der Waals surface area contributed by atoms with E-state index in [1.807, 2.05) is 0 Å². The Morgan fingerprint density at radius 1 is 1.24 bits per heavy atom. The number of nitrogens with zero attached hydrogens (tertiary/aromatic N) is 2. The molecule has 2 aromatic rings. The van der Waals surface area contributed by atoms with Crippen molar-refractivity contribution in [3.05, 3.63) is 53.7 Å². The first-order valence-electron chi connectivity index (χ1n) is 9.47. The van der Waals surface area contributed by atoms with E-state index in [9.17, 15) is 22.4 Å². The Balaban J connectivity index is 1.60. The molecule has 2 fully saturated rings. The number of amides is 1. The predicted molar refractivity (Wildman–Crippen MR) is 97.3 cm³/mol. The second-order valence-electron chi connectivity index (χ2n) is 7.61. The Bertz CT molecular complexity index is 912. The highest BCUT2D eigenvalue weighted by Gasteiger charge is 2.54. The van der Waals surface area contributed by atoms with Gasteiger partial charge in [-0.05, 0) is 24.3 Å². The van der Waals surface area contributed by atoms with Gasteiger partial charge < -0.3 is 9.64 Å². The summed E-state index contributed by atoms with van der Waals surface area (Å²) in [5.41, 5.74) is 1.05. The van der Waals surface area contributed by atoms with Crippen molar-refractivity contribution in [3.8, 4) is 11.3 Å². The zero-order valence-corrected chi connectivity index (χ0v) is 15.7. The topological polar surface area (TPSA) is 42.4 Å². The molecule has 4 rings (SSSR count). The first-order chi connectivity index (χ1) is 13.7. The van der Waals surface area contributed by atoms with E-state index in [0.29, 0.717) is 24.4 Å². The average molecular weight is 408 g/mol. The molecule has 0 N–H and O–H groups in total. The molecule has 1 aromatic heterocycles. The molecule has 3 atom stereocenters. The number of likely N-dealkylation sites (tertiary alicyclic amines) is 1. The molecule has 4 nitrogen and oxygen atoms in total. The fourth-order valence-electron chi connectivity index (χ4n) is 3.85. The number of hydrogen-bond acceptors (Lipinski definition) is 3. The van der Waals surface area contributed by atoms with Gasteiger partial charge in [0.1, 0.15) is 17.7 Å². The zero-order chi connectivity index (χ0) is 20.8. The molecule has 2 saturated heterocycles. The van der Waals surface area contributed by atoms with Crippen LogP contribution in [0.4, 0.5) is 17.6 Å². The Morgan fingerprint density at radius 2 is 1.93 bits per heavy atom. The SMILES string of the molecule is C[C@@H]1[C@H](Cc2cccc(-c3cc(F)cc(F)c3)n2)N(C(=O)C2CCO2)CC1(F)F. The van der Waals surface area contributed by atoms with Crippen molar-refractivity contribution in [2.24, 2.45) is 5.92 Å². The van der Waals surface area contributed by atoms with E-state index in [4.69, 9.17) is 4.74 Å². The van der Waals surface area contributed by atoms with E-state index in [1.165, 1.54) is 11.8 Å². The van der Waals surface area contributed by atoms with Gasteiger partial charge in [0, 0.05) is 42.1 Å². The minimum Gasteiger partial charge on any atom is -0.368 e. The number of hydrogen-bond donors (Lipinski definition) is 0. The van der Waals surface area contributed by atoms with Crippen LogP contribution in [0.25, 0.3) is 11.3 Å². The van der Waals surface area contributed by atoms with Gasteiger partial charge in [-0.15, -0.1) is 0 Å². The summed E-state index contributed by atoms with van der Waals surface area (Å²) in [6.45, 7) is 1.23. The van der Waals surface area contributed by atoms with Crippen LogP contribution in [0.3, 0.4) is 0 Å². The molecule has 1 unspecified atom stereocenters. The van der Waals surface area contributed by atoms with Crippen LogP contribution < -0.4 is 0 Å². The highest BCUT2D eigenvalue weighted by Crippen LogP contribution is 2.40. The normalized spacial score (nSPS) is 25.7. The van der Waals surface area contributed by atoms with Crippen LogP contribution in [0.5, 0.6) is 0 Å². The maximum atomic E-state index is 14.4. The Labute approximate surface area is 165 Å². The number of rotatable bonds is 4. The number of carbonyl (C=O) groups is 1. The quantitative estimate of drug-likeness (QED) is 0.722. The third kappa shape index (κ3) is 3.85. The van der Waals surface area contributed by atoms with Gasteiger partial charge in [-0.1, -0.05) is 13.0 Å². The molecule has 0 radical (unpaired) electrons. The van der Waals surface area contributed by atoms with Gasteiger partial charge in [0.15, 0.2) is 0 Å². The van der Waals surface area contributed by atoms with Crippen molar-refractivity contribution in [2.45, 2.75) is 37.8 Å². The first-order valence-corrected chi connectivity index (χ1v) is 9.47. The highest BCUT2D eigenvalue weighted by molar-refractivity contribution is 5.82. The molecule has 0 aliphatic carbocycles. The molecule has 2 aliphatic heterocycles. The summed E-state index contributed by atoms with van der Waals surface area (Å²) in [4.78, 5) is 18.2. The number of ether oxygens (including phenoxy) is 1. The molecule has 3 heterocycles. The van der Waals surface area contributed by atoms with E-state index in [1.54, 1.807) is 18.2 Å². The van der Waals surface area contributed by atoms with Crippen molar-refractivity contribution in [3.63, 3.8) is 0 Å². The number of alkyl halides is 2. The van der Waals surface area contributed by atoms with E-state index in [2.05, 4.69) is 4.98 Å². The van der Waals surface area contributed by atoms with Crippen molar-refractivity contribution >= 4 is 5.91 Å². The summed E-state index contributed by atoms with van der Waals surface area (Å²) in [6.07, 6.45) is -0.0185. The Kier molecular flexibility index (Phi) is 5.06. The smallest absolute Gasteiger partial charge is 0.269 e. The molecule has 0 spiro atoms. The number of carbonyl (C=O) groups excluding carboxylic acids is 1. The summed E-state index contributed by atoms with van der Waals surface area (Å²) in [6, 6.07) is 7.24. The molecule has 1 aromatic carbocycles. The zero-order valence-electron chi connectivity index (χ0n) is 15.7. The number of aromatic nitrogens is 1. The van der Waals surface area contributed by atoms with Crippen molar-refractivity contribution < 1.29 is 27.1 Å². The average Bonchev–Trinajstić information content (AvgIpc) is 2.83. The van der Waals surface area contributed by atoms with E-state index in [-0.39, 0.29) is 12.0 Å². The van der Waals surface area contributed by atoms with E-state index >= 15 is 0 Å². The Hall–Kier alpha value is -2.48. The van der Waals surface area contributed by atoms with Crippen molar-refractivity contribution in [2.75, 3.05) is 13.2 Å². The number of pyridine rings is 1. The third-order valence-electron chi connectivity index (χ3n) is 5.67. The molecular weight excluding hydrogens is 388 g/mol. The minimum atomic E-state index is -3.01. The fourth-order valence-corrected chi connectivity index (χ4v) is 3.85. The molecule has 8 heteroatoms. The lowest BCUT2D eigenvalue weighted by atomic mass is 9.95. The van der Waals surface area contributed by atoms with Crippen LogP contribution in [-0.2, 0) is 16.0 Å². The van der Waals surface area contributed by atoms with Crippen LogP contribution in [0.2, 0.25) is 0 Å². The van der Waals surface area contributed by atoms with E-state index < -0.39 is 48.1 Å². The minimum absolute atomic E-state index is 0.112. The molecule has 29 heavy (non-hydrogen) atoms. The molecular formula is C21H20F4N2O2. The Morgan fingerprint density at radius 3 is 2.55 bits per heavy atom. The van der Waals surface area contributed by atoms with Gasteiger partial charge in [0.25, 0.3) is 11.8 Å². The third-order valence-corrected chi connectivity index (χ3v) is 5.67. The van der Waals surface area contributed by atoms with Crippen LogP contribution in [-0.4, -0.2) is 47.0 Å². The van der Waals surface area contributed by atoms with Crippen LogP contribution in [0.15, 0.2) is 36.4 Å². The van der Waals surface area contributed by atoms with Gasteiger partial charge >= 0.3 is 0 Å².